The van der Waals surface area contributed by atoms with E-state index >= 15 is 0 Å². The summed E-state index contributed by atoms with van der Waals surface area (Å²) in [7, 11) is 0. The topological polar surface area (TPSA) is 106 Å². The molecular formula is C23H16ClN3O5S. The first kappa shape index (κ1) is 22.4. The van der Waals surface area contributed by atoms with Crippen LogP contribution in [-0.2, 0) is 9.59 Å². The predicted molar refractivity (Wildman–Crippen MR) is 128 cm³/mol. The van der Waals surface area contributed by atoms with E-state index in [1.165, 1.54) is 23.1 Å². The molecule has 3 aromatic rings. The summed E-state index contributed by atoms with van der Waals surface area (Å²) in [5.41, 5.74) is 2.40. The summed E-state index contributed by atoms with van der Waals surface area (Å²) in [6, 6.07) is 12.9. The van der Waals surface area contributed by atoms with Crippen LogP contribution in [0.1, 0.15) is 16.9 Å². The average molecular weight is 482 g/mol. The molecule has 1 aliphatic rings. The number of anilines is 1. The van der Waals surface area contributed by atoms with Crippen molar-refractivity contribution in [3.63, 3.8) is 0 Å². The molecule has 2 aromatic carbocycles. The molecule has 166 valence electrons. The van der Waals surface area contributed by atoms with Crippen LogP contribution in [0.5, 0.6) is 0 Å². The van der Waals surface area contributed by atoms with Crippen LogP contribution in [0.3, 0.4) is 0 Å². The molecule has 0 radical (unpaired) electrons. The van der Waals surface area contributed by atoms with Crippen molar-refractivity contribution >= 4 is 58.2 Å². The van der Waals surface area contributed by atoms with Gasteiger partial charge in [0.05, 0.1) is 10.6 Å². The number of aryl methyl sites for hydroxylation is 1. The molecule has 33 heavy (non-hydrogen) atoms. The van der Waals surface area contributed by atoms with Crippen LogP contribution < -0.4 is 10.2 Å². The molecule has 1 N–H and O–H groups in total. The van der Waals surface area contributed by atoms with Crippen LogP contribution in [0, 0.1) is 24.0 Å². The lowest BCUT2D eigenvalue weighted by Gasteiger charge is -2.30. The monoisotopic (exact) mass is 481 g/mol. The first-order chi connectivity index (χ1) is 15.7. The Morgan fingerprint density at radius 3 is 2.64 bits per heavy atom. The first-order valence-corrected chi connectivity index (χ1v) is 10.5. The number of nitro groups is 1. The van der Waals surface area contributed by atoms with Gasteiger partial charge < -0.3 is 4.42 Å². The quantitative estimate of drug-likeness (QED) is 0.186. The van der Waals surface area contributed by atoms with Crippen LogP contribution in [0.15, 0.2) is 58.5 Å². The number of carbonyl (C=O) groups excluding carboxylic acids is 2. The average Bonchev–Trinajstić information content (AvgIpc) is 3.23. The molecule has 1 aromatic heterocycles. The van der Waals surface area contributed by atoms with Gasteiger partial charge >= 0.3 is 0 Å². The Balaban J connectivity index is 1.70. The van der Waals surface area contributed by atoms with E-state index in [1.54, 1.807) is 30.3 Å². The lowest BCUT2D eigenvalue weighted by molar-refractivity contribution is -0.384. The van der Waals surface area contributed by atoms with Crippen molar-refractivity contribution in [3.05, 3.63) is 86.1 Å². The number of furan rings is 1. The number of rotatable bonds is 4. The Kier molecular flexibility index (Phi) is 5.84. The Labute approximate surface area is 198 Å². The highest BCUT2D eigenvalue weighted by molar-refractivity contribution is 7.80. The number of nitrogens with one attached hydrogen (secondary N) is 1. The summed E-state index contributed by atoms with van der Waals surface area (Å²) >= 11 is 11.1. The van der Waals surface area contributed by atoms with E-state index in [-0.39, 0.29) is 27.2 Å². The van der Waals surface area contributed by atoms with E-state index in [4.69, 9.17) is 28.2 Å². The van der Waals surface area contributed by atoms with Gasteiger partial charge in [0.25, 0.3) is 17.5 Å². The Morgan fingerprint density at radius 1 is 1.15 bits per heavy atom. The second-order valence-electron chi connectivity index (χ2n) is 7.30. The Hall–Kier alpha value is -3.82. The second-order valence-corrected chi connectivity index (χ2v) is 8.10. The van der Waals surface area contributed by atoms with Crippen LogP contribution in [0.2, 0.25) is 5.02 Å². The predicted octanol–water partition coefficient (Wildman–Crippen LogP) is 4.96. The smallest absolute Gasteiger partial charge is 0.288 e. The number of thiocarbonyl (C=S) groups is 1. The number of amides is 2. The molecule has 10 heteroatoms. The summed E-state index contributed by atoms with van der Waals surface area (Å²) in [5.74, 6) is -0.703. The number of nitro benzene ring substituents is 1. The summed E-state index contributed by atoms with van der Waals surface area (Å²) in [5, 5.41) is 13.7. The van der Waals surface area contributed by atoms with Gasteiger partial charge in [-0.25, -0.2) is 0 Å². The molecule has 0 unspecified atom stereocenters. The standard InChI is InChI=1S/C23H16ClN3O5S/c1-12-4-3-5-18(13(12)2)26-22(29)16(21(28)25-23(26)33)11-15-7-9-20(32-15)14-6-8-17(24)19(10-14)27(30)31/h3-11H,1-2H3,(H,25,28,33)/b16-11-. The molecule has 1 aliphatic heterocycles. The number of halogens is 1. The Morgan fingerprint density at radius 2 is 1.91 bits per heavy atom. The Bertz CT molecular complexity index is 1380. The third-order valence-corrected chi connectivity index (χ3v) is 5.86. The minimum absolute atomic E-state index is 0.00428. The maximum Gasteiger partial charge on any atom is 0.288 e. The third-order valence-electron chi connectivity index (χ3n) is 5.26. The molecule has 0 atom stereocenters. The minimum Gasteiger partial charge on any atom is -0.457 e. The van der Waals surface area contributed by atoms with Gasteiger partial charge in [0.15, 0.2) is 5.11 Å². The number of hydrogen-bond acceptors (Lipinski definition) is 6. The van der Waals surface area contributed by atoms with Crippen LogP contribution in [-0.4, -0.2) is 21.9 Å². The molecule has 0 aliphatic carbocycles. The molecule has 4 rings (SSSR count). The number of carbonyl (C=O) groups is 2. The molecule has 0 bridgehead atoms. The number of nitrogens with zero attached hydrogens (tertiary/aromatic N) is 2. The lowest BCUT2D eigenvalue weighted by Crippen LogP contribution is -2.54. The molecule has 2 amide bonds. The maximum absolute atomic E-state index is 13.2. The van der Waals surface area contributed by atoms with Gasteiger partial charge in [-0.3, -0.25) is 29.9 Å². The zero-order valence-corrected chi connectivity index (χ0v) is 19.0. The van der Waals surface area contributed by atoms with Crippen molar-refractivity contribution in [1.29, 1.82) is 0 Å². The first-order valence-electron chi connectivity index (χ1n) is 9.69. The lowest BCUT2D eigenvalue weighted by atomic mass is 10.0. The van der Waals surface area contributed by atoms with Crippen LogP contribution in [0.25, 0.3) is 17.4 Å². The molecule has 1 fully saturated rings. The largest absolute Gasteiger partial charge is 0.457 e. The third kappa shape index (κ3) is 4.15. The molecule has 8 nitrogen and oxygen atoms in total. The van der Waals surface area contributed by atoms with Crippen molar-refractivity contribution in [1.82, 2.24) is 5.32 Å². The molecule has 0 spiro atoms. The zero-order chi connectivity index (χ0) is 23.9. The zero-order valence-electron chi connectivity index (χ0n) is 17.4. The van der Waals surface area contributed by atoms with Gasteiger partial charge in [-0.2, -0.15) is 0 Å². The summed E-state index contributed by atoms with van der Waals surface area (Å²) in [6.45, 7) is 3.78. The van der Waals surface area contributed by atoms with Gasteiger partial charge in [0, 0.05) is 11.6 Å². The summed E-state index contributed by atoms with van der Waals surface area (Å²) < 4.78 is 5.73. The van der Waals surface area contributed by atoms with Crippen LogP contribution >= 0.6 is 23.8 Å². The highest BCUT2D eigenvalue weighted by Crippen LogP contribution is 2.32. The SMILES string of the molecule is Cc1cccc(N2C(=O)/C(=C\c3ccc(-c4ccc(Cl)c([N+](=O)[O-])c4)o3)C(=O)NC2=S)c1C. The van der Waals surface area contributed by atoms with E-state index in [0.717, 1.165) is 11.1 Å². The molecule has 1 saturated heterocycles. The normalized spacial score (nSPS) is 15.2. The van der Waals surface area contributed by atoms with Crippen molar-refractivity contribution in [2.24, 2.45) is 0 Å². The van der Waals surface area contributed by atoms with Crippen molar-refractivity contribution in [2.45, 2.75) is 13.8 Å². The summed E-state index contributed by atoms with van der Waals surface area (Å²) in [6.07, 6.45) is 1.31. The van der Waals surface area contributed by atoms with Gasteiger partial charge in [0.2, 0.25) is 0 Å². The van der Waals surface area contributed by atoms with Crippen molar-refractivity contribution in [3.8, 4) is 11.3 Å². The highest BCUT2D eigenvalue weighted by Gasteiger charge is 2.35. The van der Waals surface area contributed by atoms with Crippen molar-refractivity contribution in [2.75, 3.05) is 4.90 Å². The van der Waals surface area contributed by atoms with E-state index < -0.39 is 16.7 Å². The van der Waals surface area contributed by atoms with Gasteiger partial charge in [-0.1, -0.05) is 23.7 Å². The van der Waals surface area contributed by atoms with Gasteiger partial charge in [0.1, 0.15) is 22.1 Å². The molecule has 0 saturated carbocycles. The molecular weight excluding hydrogens is 466 g/mol. The van der Waals surface area contributed by atoms with Gasteiger partial charge in [-0.15, -0.1) is 0 Å². The molecule has 2 heterocycles. The van der Waals surface area contributed by atoms with E-state index in [9.17, 15) is 19.7 Å². The van der Waals surface area contributed by atoms with Crippen molar-refractivity contribution < 1.29 is 18.9 Å². The number of benzene rings is 2. The van der Waals surface area contributed by atoms with Crippen LogP contribution in [0.4, 0.5) is 11.4 Å². The second kappa shape index (κ2) is 8.61. The summed E-state index contributed by atoms with van der Waals surface area (Å²) in [4.78, 5) is 37.6. The van der Waals surface area contributed by atoms with E-state index in [0.29, 0.717) is 17.0 Å². The minimum atomic E-state index is -0.647. The maximum atomic E-state index is 13.2. The fourth-order valence-corrected chi connectivity index (χ4v) is 3.85. The fourth-order valence-electron chi connectivity index (χ4n) is 3.39. The number of hydrogen-bond donors (Lipinski definition) is 1. The van der Waals surface area contributed by atoms with E-state index in [2.05, 4.69) is 5.32 Å². The fraction of sp³-hybridized carbons (Fsp3) is 0.0870. The highest BCUT2D eigenvalue weighted by atomic mass is 35.5. The van der Waals surface area contributed by atoms with E-state index in [1.807, 2.05) is 19.9 Å². The van der Waals surface area contributed by atoms with Gasteiger partial charge in [-0.05, 0) is 73.6 Å².